The molecule has 418 valence electrons. The summed E-state index contributed by atoms with van der Waals surface area (Å²) in [6.45, 7) is 6.84. The van der Waals surface area contributed by atoms with Crippen molar-refractivity contribution < 1.29 is 37.3 Å². The van der Waals surface area contributed by atoms with Crippen LogP contribution in [0.25, 0.3) is 0 Å². The number of unbranched alkanes of at least 4 members (excludes halogenated alkanes) is 35. The van der Waals surface area contributed by atoms with Gasteiger partial charge < -0.3 is 28.5 Å². The number of nitrogens with one attached hydrogen (secondary N) is 1. The number of rotatable bonds is 55. The average molecular weight is 1020 g/mol. The minimum Gasteiger partial charge on any atom is -0.756 e. The normalized spacial score (nSPS) is 14.0. The quantitative estimate of drug-likeness (QED) is 0.0212. The molecule has 0 radical (unpaired) electrons. The lowest BCUT2D eigenvalue weighted by atomic mass is 10.0. The third-order valence-corrected chi connectivity index (χ3v) is 14.5. The lowest BCUT2D eigenvalue weighted by Gasteiger charge is -2.30. The van der Waals surface area contributed by atoms with E-state index in [1.165, 1.54) is 186 Å². The number of hydrogen-bond acceptors (Lipinski definition) is 7. The van der Waals surface area contributed by atoms with E-state index in [4.69, 9.17) is 13.8 Å². The molecule has 0 fully saturated rings. The highest BCUT2D eigenvalue weighted by Crippen LogP contribution is 2.38. The van der Waals surface area contributed by atoms with E-state index in [0.717, 1.165) is 70.6 Å². The zero-order valence-corrected chi connectivity index (χ0v) is 48.6. The number of esters is 1. The lowest BCUT2D eigenvalue weighted by Crippen LogP contribution is -2.47. The van der Waals surface area contributed by atoms with Crippen LogP contribution in [0.1, 0.15) is 290 Å². The van der Waals surface area contributed by atoms with Gasteiger partial charge in [0.15, 0.2) is 0 Å². The Hall–Kier alpha value is -1.77. The van der Waals surface area contributed by atoms with Crippen molar-refractivity contribution in [2.24, 2.45) is 0 Å². The van der Waals surface area contributed by atoms with Crippen LogP contribution in [0.4, 0.5) is 0 Å². The molecular formula is C61H117N2O7P. The molecule has 0 bridgehead atoms. The Bertz CT molecular complexity index is 1310. The SMILES string of the molecule is CCCCCC/C=C\CCCCCCCCCC(=O)OC(/C=C\CCCCCCCCCCC)C(COP(=O)([O-])OCC[N+](C)(C)C)NC(=O)CCCCCCCCCCC/C=C/CCCCCCCC. The number of nitrogens with zero attached hydrogens (tertiary/aromatic N) is 1. The van der Waals surface area contributed by atoms with E-state index < -0.39 is 20.0 Å². The van der Waals surface area contributed by atoms with E-state index in [0.29, 0.717) is 17.4 Å². The van der Waals surface area contributed by atoms with Gasteiger partial charge in [-0.15, -0.1) is 0 Å². The predicted molar refractivity (Wildman–Crippen MR) is 303 cm³/mol. The second-order valence-electron chi connectivity index (χ2n) is 21.8. The van der Waals surface area contributed by atoms with Gasteiger partial charge in [-0.25, -0.2) is 0 Å². The van der Waals surface area contributed by atoms with Crippen molar-refractivity contribution in [2.45, 2.75) is 303 Å². The molecule has 0 aromatic carbocycles. The lowest BCUT2D eigenvalue weighted by molar-refractivity contribution is -0.870. The molecule has 0 rings (SSSR count). The molecule has 71 heavy (non-hydrogen) atoms. The molecular weight excluding hydrogens is 904 g/mol. The van der Waals surface area contributed by atoms with Gasteiger partial charge >= 0.3 is 5.97 Å². The summed E-state index contributed by atoms with van der Waals surface area (Å²) in [6.07, 6.45) is 61.0. The van der Waals surface area contributed by atoms with Crippen LogP contribution in [0.3, 0.4) is 0 Å². The van der Waals surface area contributed by atoms with Gasteiger partial charge in [-0.05, 0) is 83.1 Å². The molecule has 0 aliphatic heterocycles. The van der Waals surface area contributed by atoms with Gasteiger partial charge in [-0.3, -0.25) is 14.2 Å². The molecule has 0 aromatic rings. The Morgan fingerprint density at radius 3 is 1.21 bits per heavy atom. The van der Waals surface area contributed by atoms with Crippen LogP contribution in [0, 0.1) is 0 Å². The van der Waals surface area contributed by atoms with Gasteiger partial charge in [0, 0.05) is 12.8 Å². The Morgan fingerprint density at radius 2 is 0.817 bits per heavy atom. The Balaban J connectivity index is 5.23. The van der Waals surface area contributed by atoms with Crippen molar-refractivity contribution >= 4 is 19.7 Å². The van der Waals surface area contributed by atoms with E-state index in [9.17, 15) is 19.0 Å². The number of carbonyl (C=O) groups is 2. The zero-order chi connectivity index (χ0) is 52.2. The standard InChI is InChI=1S/C61H117N2O7P/c1-7-10-13-16-19-22-25-27-29-30-31-32-34-35-38-41-44-47-50-53-60(64)62-58(57-69-71(66,67)68-56-55-63(4,5)6)59(52-49-46-43-40-37-24-21-18-15-12-9-3)70-61(65)54-51-48-45-42-39-36-33-28-26-23-20-17-14-11-8-2/h23,26-27,29,49,52,58-59H,7-22,24-25,28,30-48,50-51,53-57H2,1-6H3,(H-,62,64,66,67)/b26-23-,29-27+,52-49-. The first-order valence-corrected chi connectivity index (χ1v) is 31.8. The van der Waals surface area contributed by atoms with Crippen LogP contribution in [0.15, 0.2) is 36.5 Å². The summed E-state index contributed by atoms with van der Waals surface area (Å²) in [7, 11) is 1.19. The van der Waals surface area contributed by atoms with Gasteiger partial charge in [0.1, 0.15) is 19.3 Å². The predicted octanol–water partition coefficient (Wildman–Crippen LogP) is 17.7. The molecule has 0 saturated carbocycles. The average Bonchev–Trinajstić information content (AvgIpc) is 3.33. The molecule has 0 aromatic heterocycles. The van der Waals surface area contributed by atoms with Crippen LogP contribution in [-0.2, 0) is 27.9 Å². The fourth-order valence-electron chi connectivity index (χ4n) is 8.81. The molecule has 9 nitrogen and oxygen atoms in total. The van der Waals surface area contributed by atoms with Crippen LogP contribution >= 0.6 is 7.82 Å². The van der Waals surface area contributed by atoms with Crippen molar-refractivity contribution in [2.75, 3.05) is 40.9 Å². The Morgan fingerprint density at radius 1 is 0.479 bits per heavy atom. The fraction of sp³-hybridized carbons (Fsp3) is 0.869. The van der Waals surface area contributed by atoms with E-state index >= 15 is 0 Å². The first kappa shape index (κ1) is 69.2. The highest BCUT2D eigenvalue weighted by Gasteiger charge is 2.27. The maximum absolute atomic E-state index is 13.5. The largest absolute Gasteiger partial charge is 0.756 e. The molecule has 1 N–H and O–H groups in total. The number of phosphoric ester groups is 1. The zero-order valence-electron chi connectivity index (χ0n) is 47.7. The minimum absolute atomic E-state index is 0.0219. The summed E-state index contributed by atoms with van der Waals surface area (Å²) in [5, 5.41) is 3.03. The van der Waals surface area contributed by atoms with Gasteiger partial charge in [0.2, 0.25) is 5.91 Å². The summed E-state index contributed by atoms with van der Waals surface area (Å²) < 4.78 is 30.3. The first-order chi connectivity index (χ1) is 34.4. The maximum atomic E-state index is 13.5. The van der Waals surface area contributed by atoms with Gasteiger partial charge in [0.05, 0.1) is 33.8 Å². The smallest absolute Gasteiger partial charge is 0.306 e. The molecule has 0 saturated heterocycles. The third kappa shape index (κ3) is 52.9. The molecule has 0 heterocycles. The van der Waals surface area contributed by atoms with Crippen LogP contribution in [0.5, 0.6) is 0 Å². The second-order valence-corrected chi connectivity index (χ2v) is 23.3. The summed E-state index contributed by atoms with van der Waals surface area (Å²) >= 11 is 0. The molecule has 0 aliphatic rings. The molecule has 1 amide bonds. The number of hydrogen-bond donors (Lipinski definition) is 1. The van der Waals surface area contributed by atoms with Crippen molar-refractivity contribution in [3.63, 3.8) is 0 Å². The number of ether oxygens (including phenoxy) is 1. The van der Waals surface area contributed by atoms with E-state index in [-0.39, 0.29) is 31.5 Å². The van der Waals surface area contributed by atoms with Crippen molar-refractivity contribution in [3.8, 4) is 0 Å². The summed E-state index contributed by atoms with van der Waals surface area (Å²) in [5.41, 5.74) is 0. The second kappa shape index (κ2) is 51.7. The molecule has 3 unspecified atom stereocenters. The van der Waals surface area contributed by atoms with Gasteiger partial charge in [-0.1, -0.05) is 231 Å². The summed E-state index contributed by atoms with van der Waals surface area (Å²) in [6, 6.07) is -0.887. The fourth-order valence-corrected chi connectivity index (χ4v) is 9.53. The molecule has 0 aliphatic carbocycles. The number of likely N-dealkylation sites (N-methyl/N-ethyl adjacent to an activating group) is 1. The number of phosphoric acid groups is 1. The Labute approximate surface area is 440 Å². The third-order valence-electron chi connectivity index (χ3n) is 13.5. The monoisotopic (exact) mass is 1020 g/mol. The topological polar surface area (TPSA) is 114 Å². The minimum atomic E-state index is -4.69. The van der Waals surface area contributed by atoms with E-state index in [1.807, 2.05) is 33.3 Å². The van der Waals surface area contributed by atoms with Crippen molar-refractivity contribution in [1.82, 2.24) is 5.32 Å². The van der Waals surface area contributed by atoms with Crippen LogP contribution < -0.4 is 10.2 Å². The number of amides is 1. The number of carbonyl (C=O) groups excluding carboxylic acids is 2. The number of quaternary nitrogens is 1. The first-order valence-electron chi connectivity index (χ1n) is 30.3. The van der Waals surface area contributed by atoms with Gasteiger partial charge in [-0.2, -0.15) is 0 Å². The van der Waals surface area contributed by atoms with Crippen LogP contribution in [0.2, 0.25) is 0 Å². The summed E-state index contributed by atoms with van der Waals surface area (Å²) in [4.78, 5) is 39.9. The highest BCUT2D eigenvalue weighted by molar-refractivity contribution is 7.45. The molecule has 0 spiro atoms. The van der Waals surface area contributed by atoms with Gasteiger partial charge in [0.25, 0.3) is 7.82 Å². The maximum Gasteiger partial charge on any atom is 0.306 e. The molecule has 3 atom stereocenters. The Kier molecular flexibility index (Phi) is 50.4. The van der Waals surface area contributed by atoms with Crippen molar-refractivity contribution in [3.05, 3.63) is 36.5 Å². The van der Waals surface area contributed by atoms with Crippen LogP contribution in [-0.4, -0.2) is 69.4 Å². The number of allylic oxidation sites excluding steroid dienone is 5. The van der Waals surface area contributed by atoms with E-state index in [2.05, 4.69) is 50.4 Å². The van der Waals surface area contributed by atoms with Crippen molar-refractivity contribution in [1.29, 1.82) is 0 Å². The molecule has 10 heteroatoms. The summed E-state index contributed by atoms with van der Waals surface area (Å²) in [5.74, 6) is -0.540. The van der Waals surface area contributed by atoms with E-state index in [1.54, 1.807) is 0 Å². The highest BCUT2D eigenvalue weighted by atomic mass is 31.2.